The predicted octanol–water partition coefficient (Wildman–Crippen LogP) is 2.75. The number of hydrogen-bond acceptors (Lipinski definition) is 3. The van der Waals surface area contributed by atoms with E-state index < -0.39 is 0 Å². The first kappa shape index (κ1) is 12.7. The minimum absolute atomic E-state index is 0.0444. The van der Waals surface area contributed by atoms with E-state index in [1.807, 2.05) is 18.2 Å². The molecule has 2 aliphatic carbocycles. The maximum atomic E-state index is 11.1. The van der Waals surface area contributed by atoms with Crippen LogP contribution in [0.15, 0.2) is 30.3 Å². The van der Waals surface area contributed by atoms with Crippen LogP contribution >= 0.6 is 0 Å². The molecule has 1 aromatic rings. The molecule has 4 atom stereocenters. The molecule has 3 heteroatoms. The van der Waals surface area contributed by atoms with Crippen molar-refractivity contribution >= 4 is 5.97 Å². The number of esters is 1. The summed E-state index contributed by atoms with van der Waals surface area (Å²) in [6, 6.07) is 10.2. The molecule has 2 bridgehead atoms. The van der Waals surface area contributed by atoms with Gasteiger partial charge in [-0.05, 0) is 24.3 Å². The van der Waals surface area contributed by atoms with E-state index in [9.17, 15) is 4.79 Å². The third-order valence-corrected chi connectivity index (χ3v) is 4.08. The molecule has 19 heavy (non-hydrogen) atoms. The predicted molar refractivity (Wildman–Crippen MR) is 71.1 cm³/mol. The summed E-state index contributed by atoms with van der Waals surface area (Å²) in [6.07, 6.45) is 4.51. The molecule has 101 valence electrons. The van der Waals surface area contributed by atoms with Gasteiger partial charge in [0.25, 0.3) is 0 Å². The third kappa shape index (κ3) is 2.81. The lowest BCUT2D eigenvalue weighted by Gasteiger charge is -2.28. The van der Waals surface area contributed by atoms with Crippen molar-refractivity contribution in [2.24, 2.45) is 11.8 Å². The molecule has 0 aliphatic heterocycles. The van der Waals surface area contributed by atoms with Crippen LogP contribution in [0, 0.1) is 18.3 Å². The summed E-state index contributed by atoms with van der Waals surface area (Å²) in [7, 11) is 0. The van der Waals surface area contributed by atoms with Gasteiger partial charge < -0.3 is 9.47 Å². The second kappa shape index (κ2) is 5.33. The molecular weight excluding hydrogens is 240 g/mol. The van der Waals surface area contributed by atoms with Gasteiger partial charge in [0.15, 0.2) is 0 Å². The number of carbonyl (C=O) groups is 1. The lowest BCUT2D eigenvalue weighted by molar-refractivity contribution is -0.149. The molecule has 3 rings (SSSR count). The molecule has 0 saturated heterocycles. The van der Waals surface area contributed by atoms with Crippen LogP contribution in [-0.4, -0.2) is 18.2 Å². The van der Waals surface area contributed by atoms with Gasteiger partial charge in [0, 0.05) is 19.3 Å². The van der Waals surface area contributed by atoms with Crippen molar-refractivity contribution in [3.05, 3.63) is 42.3 Å². The van der Waals surface area contributed by atoms with E-state index in [-0.39, 0.29) is 18.2 Å². The molecule has 2 saturated carbocycles. The summed E-state index contributed by atoms with van der Waals surface area (Å²) < 4.78 is 11.4. The largest absolute Gasteiger partial charge is 0.462 e. The van der Waals surface area contributed by atoms with Crippen molar-refractivity contribution in [3.8, 4) is 0 Å². The Bertz CT molecular complexity index is 443. The lowest BCUT2D eigenvalue weighted by atomic mass is 9.94. The molecule has 0 spiro atoms. The fraction of sp³-hybridized carbons (Fsp3) is 0.500. The third-order valence-electron chi connectivity index (χ3n) is 4.08. The van der Waals surface area contributed by atoms with Crippen LogP contribution in [0.5, 0.6) is 0 Å². The van der Waals surface area contributed by atoms with Crippen molar-refractivity contribution in [1.29, 1.82) is 0 Å². The van der Waals surface area contributed by atoms with Gasteiger partial charge in [0.05, 0.1) is 12.7 Å². The van der Waals surface area contributed by atoms with E-state index in [2.05, 4.69) is 18.6 Å². The maximum absolute atomic E-state index is 11.1. The average molecular weight is 259 g/mol. The molecule has 0 unspecified atom stereocenters. The van der Waals surface area contributed by atoms with E-state index in [4.69, 9.17) is 9.47 Å². The van der Waals surface area contributed by atoms with E-state index in [0.29, 0.717) is 18.4 Å². The number of fused-ring (bicyclic) bond motifs is 2. The zero-order chi connectivity index (χ0) is 13.2. The Balaban J connectivity index is 1.56. The molecule has 0 N–H and O–H groups in total. The van der Waals surface area contributed by atoms with Gasteiger partial charge in [-0.3, -0.25) is 4.79 Å². The van der Waals surface area contributed by atoms with Crippen LogP contribution in [0.4, 0.5) is 0 Å². The average Bonchev–Trinajstić information content (AvgIpc) is 2.96. The summed E-state index contributed by atoms with van der Waals surface area (Å²) in [5.74, 6) is 0.698. The molecule has 0 heterocycles. The van der Waals surface area contributed by atoms with Crippen LogP contribution in [0.3, 0.4) is 0 Å². The van der Waals surface area contributed by atoms with Crippen molar-refractivity contribution < 1.29 is 14.3 Å². The quantitative estimate of drug-likeness (QED) is 0.780. The van der Waals surface area contributed by atoms with Crippen LogP contribution in [-0.2, 0) is 20.9 Å². The highest BCUT2D eigenvalue weighted by atomic mass is 16.5. The van der Waals surface area contributed by atoms with E-state index >= 15 is 0 Å². The second-order valence-electron chi connectivity index (χ2n) is 5.50. The van der Waals surface area contributed by atoms with Crippen LogP contribution < -0.4 is 0 Å². The zero-order valence-electron chi connectivity index (χ0n) is 11.1. The minimum atomic E-state index is -0.199. The van der Waals surface area contributed by atoms with E-state index in [1.165, 1.54) is 12.5 Å². The Hall–Kier alpha value is -1.35. The highest BCUT2D eigenvalue weighted by molar-refractivity contribution is 5.66. The number of carbonyl (C=O) groups excluding carboxylic acids is 1. The summed E-state index contributed by atoms with van der Waals surface area (Å²) in [5, 5.41) is 0. The summed E-state index contributed by atoms with van der Waals surface area (Å²) >= 11 is 0. The first-order valence-electron chi connectivity index (χ1n) is 6.90. The summed E-state index contributed by atoms with van der Waals surface area (Å²) in [6.45, 7) is 2.11. The van der Waals surface area contributed by atoms with E-state index in [1.54, 1.807) is 0 Å². The van der Waals surface area contributed by atoms with Gasteiger partial charge in [-0.25, -0.2) is 0 Å². The fourth-order valence-electron chi connectivity index (χ4n) is 3.27. The molecule has 2 fully saturated rings. The highest BCUT2D eigenvalue weighted by Gasteiger charge is 2.48. The fourth-order valence-corrected chi connectivity index (χ4v) is 3.27. The Morgan fingerprint density at radius 2 is 2.05 bits per heavy atom. The molecule has 3 nitrogen and oxygen atoms in total. The van der Waals surface area contributed by atoms with Crippen molar-refractivity contribution in [2.45, 2.75) is 38.6 Å². The van der Waals surface area contributed by atoms with Crippen LogP contribution in [0.25, 0.3) is 0 Å². The van der Waals surface area contributed by atoms with Crippen molar-refractivity contribution in [2.75, 3.05) is 0 Å². The topological polar surface area (TPSA) is 35.5 Å². The number of hydrogen-bond donors (Lipinski definition) is 0. The lowest BCUT2D eigenvalue weighted by Crippen LogP contribution is -2.34. The molecule has 0 amide bonds. The van der Waals surface area contributed by atoms with Gasteiger partial charge in [0.2, 0.25) is 0 Å². The summed E-state index contributed by atoms with van der Waals surface area (Å²) in [5.41, 5.74) is 1.19. The Kier molecular flexibility index (Phi) is 3.56. The first-order chi connectivity index (χ1) is 9.22. The number of benzene rings is 1. The minimum Gasteiger partial charge on any atom is -0.462 e. The molecule has 0 aromatic heterocycles. The van der Waals surface area contributed by atoms with Gasteiger partial charge in [-0.15, -0.1) is 0 Å². The van der Waals surface area contributed by atoms with Crippen LogP contribution in [0.2, 0.25) is 0 Å². The first-order valence-corrected chi connectivity index (χ1v) is 6.90. The summed E-state index contributed by atoms with van der Waals surface area (Å²) in [4.78, 5) is 11.1. The van der Waals surface area contributed by atoms with Gasteiger partial charge in [-0.2, -0.15) is 0 Å². The van der Waals surface area contributed by atoms with Crippen molar-refractivity contribution in [3.63, 3.8) is 0 Å². The van der Waals surface area contributed by atoms with Crippen molar-refractivity contribution in [1.82, 2.24) is 0 Å². The Labute approximate surface area is 113 Å². The van der Waals surface area contributed by atoms with E-state index in [0.717, 1.165) is 12.8 Å². The van der Waals surface area contributed by atoms with Gasteiger partial charge in [0.1, 0.15) is 6.10 Å². The zero-order valence-corrected chi connectivity index (χ0v) is 11.1. The smallest absolute Gasteiger partial charge is 0.302 e. The number of rotatable bonds is 4. The number of ether oxygens (including phenoxy) is 2. The maximum Gasteiger partial charge on any atom is 0.302 e. The molecular formula is C16H19O3. The Morgan fingerprint density at radius 1 is 1.26 bits per heavy atom. The molecule has 2 aliphatic rings. The molecule has 1 radical (unpaired) electrons. The second-order valence-corrected chi connectivity index (χ2v) is 5.50. The SMILES string of the molecule is CC(=O)O[C@H]1[CH][C@H]2C[C@@H]1[C@@H](OCc1ccccc1)C2. The van der Waals surface area contributed by atoms with Gasteiger partial charge in [-0.1, -0.05) is 30.3 Å². The Morgan fingerprint density at radius 3 is 2.74 bits per heavy atom. The highest BCUT2D eigenvalue weighted by Crippen LogP contribution is 2.47. The molecule has 1 aromatic carbocycles. The monoisotopic (exact) mass is 259 g/mol. The van der Waals surface area contributed by atoms with Crippen LogP contribution in [0.1, 0.15) is 25.3 Å². The standard InChI is InChI=1S/C16H19O3/c1-11(17)19-16-9-13-7-14(16)15(8-13)18-10-12-5-3-2-4-6-12/h2-6,9,13-16H,7-8,10H2,1H3/t13-,14+,15-,16-/m0/s1. The van der Waals surface area contributed by atoms with Gasteiger partial charge >= 0.3 is 5.97 Å². The normalized spacial score (nSPS) is 32.5.